The number of nitrogens with zero attached hydrogens (tertiary/aromatic N) is 3. The summed E-state index contributed by atoms with van der Waals surface area (Å²) in [5.41, 5.74) is 3.35. The maximum absolute atomic E-state index is 13.1. The van der Waals surface area contributed by atoms with Crippen molar-refractivity contribution in [2.24, 2.45) is 10.2 Å². The first-order chi connectivity index (χ1) is 16.0. The molecule has 9 heteroatoms. The highest BCUT2D eigenvalue weighted by Crippen LogP contribution is 2.43. The monoisotopic (exact) mass is 480 g/mol. The molecule has 33 heavy (non-hydrogen) atoms. The molecule has 0 saturated carbocycles. The molecule has 4 rings (SSSR count). The zero-order valence-electron chi connectivity index (χ0n) is 18.7. The van der Waals surface area contributed by atoms with Gasteiger partial charge in [0.2, 0.25) is 0 Å². The summed E-state index contributed by atoms with van der Waals surface area (Å²) in [5, 5.41) is 12.0. The van der Waals surface area contributed by atoms with Gasteiger partial charge in [-0.25, -0.2) is 0 Å². The van der Waals surface area contributed by atoms with Crippen molar-refractivity contribution in [2.75, 3.05) is 31.4 Å². The quantitative estimate of drug-likeness (QED) is 0.667. The Kier molecular flexibility index (Phi) is 7.28. The van der Waals surface area contributed by atoms with Crippen molar-refractivity contribution in [1.82, 2.24) is 5.32 Å². The zero-order valence-corrected chi connectivity index (χ0v) is 20.3. The van der Waals surface area contributed by atoms with Gasteiger partial charge in [0.05, 0.1) is 10.6 Å². The Bertz CT molecular complexity index is 1190. The van der Waals surface area contributed by atoms with Gasteiger partial charge >= 0.3 is 0 Å². The first-order valence-electron chi connectivity index (χ1n) is 10.5. The summed E-state index contributed by atoms with van der Waals surface area (Å²) in [5.74, 6) is 6.03. The molecule has 0 radical (unpaired) electrons. The Morgan fingerprint density at radius 2 is 2.09 bits per heavy atom. The number of carbonyl (C=O) groups is 2. The minimum Gasteiger partial charge on any atom is -0.372 e. The fourth-order valence-corrected chi connectivity index (χ4v) is 6.10. The molecule has 1 atom stereocenters. The Balaban J connectivity index is 1.39. The number of hydrogen-bond acceptors (Lipinski definition) is 7. The van der Waals surface area contributed by atoms with Crippen LogP contribution in [0.4, 0.5) is 5.00 Å². The number of thiophene rings is 1. The fraction of sp³-hybridized carbons (Fsp3) is 0.333. The number of methoxy groups -OCH3 is 1. The van der Waals surface area contributed by atoms with E-state index in [2.05, 4.69) is 27.4 Å². The van der Waals surface area contributed by atoms with Crippen LogP contribution < -0.4 is 10.2 Å². The minimum absolute atomic E-state index is 0.156. The van der Waals surface area contributed by atoms with Crippen LogP contribution in [0.15, 0.2) is 45.4 Å². The summed E-state index contributed by atoms with van der Waals surface area (Å²) in [6, 6.07) is 9.31. The van der Waals surface area contributed by atoms with Gasteiger partial charge in [-0.15, -0.1) is 28.2 Å². The molecule has 0 unspecified atom stereocenters. The van der Waals surface area contributed by atoms with Crippen molar-refractivity contribution < 1.29 is 14.3 Å². The van der Waals surface area contributed by atoms with Crippen LogP contribution in [-0.2, 0) is 20.7 Å². The molecular formula is C24H24N4O3S2. The van der Waals surface area contributed by atoms with E-state index >= 15 is 0 Å². The molecule has 0 bridgehead atoms. The summed E-state index contributed by atoms with van der Waals surface area (Å²) < 4.78 is 5.00. The topological polar surface area (TPSA) is 83.4 Å². The number of hydrogen-bond donors (Lipinski definition) is 1. The lowest BCUT2D eigenvalue weighted by atomic mass is 10.0. The molecule has 0 aliphatic carbocycles. The van der Waals surface area contributed by atoms with E-state index in [-0.39, 0.29) is 11.8 Å². The van der Waals surface area contributed by atoms with Crippen LogP contribution in [-0.4, -0.2) is 55.8 Å². The standard InChI is InChI=1S/C24H24N4O3S2/c1-15-20(10-7-11-31-3)33-24-21(15)32-14-19(23(30)28(24)2)25-22(29)18-13-17(26-27-18)12-16-8-5-4-6-9-16/h4-6,8-9,19H,11-14H2,1-3H3,(H,25,29)/t19-/m0/s1. The maximum Gasteiger partial charge on any atom is 0.268 e. The minimum atomic E-state index is -0.643. The predicted octanol–water partition coefficient (Wildman–Crippen LogP) is 3.05. The van der Waals surface area contributed by atoms with Crippen molar-refractivity contribution in [3.8, 4) is 11.8 Å². The smallest absolute Gasteiger partial charge is 0.268 e. The van der Waals surface area contributed by atoms with Crippen LogP contribution in [0.1, 0.15) is 22.4 Å². The molecule has 2 aliphatic rings. The average molecular weight is 481 g/mol. The van der Waals surface area contributed by atoms with Crippen LogP contribution in [0.25, 0.3) is 0 Å². The van der Waals surface area contributed by atoms with Gasteiger partial charge in [-0.2, -0.15) is 5.10 Å². The molecule has 2 aliphatic heterocycles. The van der Waals surface area contributed by atoms with E-state index in [1.54, 1.807) is 30.8 Å². The van der Waals surface area contributed by atoms with E-state index in [1.165, 1.54) is 11.3 Å². The highest BCUT2D eigenvalue weighted by molar-refractivity contribution is 7.99. The number of ether oxygens (including phenoxy) is 1. The first-order valence-corrected chi connectivity index (χ1v) is 12.3. The number of carbonyl (C=O) groups excluding carboxylic acids is 2. The van der Waals surface area contributed by atoms with Crippen molar-refractivity contribution in [2.45, 2.75) is 30.7 Å². The summed E-state index contributed by atoms with van der Waals surface area (Å²) in [6.07, 6.45) is 1.04. The summed E-state index contributed by atoms with van der Waals surface area (Å²) >= 11 is 3.05. The Morgan fingerprint density at radius 1 is 1.30 bits per heavy atom. The van der Waals surface area contributed by atoms with E-state index in [9.17, 15) is 9.59 Å². The molecule has 170 valence electrons. The molecule has 2 amide bonds. The van der Waals surface area contributed by atoms with Gasteiger partial charge in [-0.3, -0.25) is 9.59 Å². The third-order valence-electron chi connectivity index (χ3n) is 5.32. The van der Waals surface area contributed by atoms with Crippen molar-refractivity contribution in [3.05, 3.63) is 46.3 Å². The molecule has 1 aromatic carbocycles. The lowest BCUT2D eigenvalue weighted by molar-refractivity contribution is -0.123. The van der Waals surface area contributed by atoms with E-state index in [1.807, 2.05) is 37.3 Å². The number of amides is 2. The molecule has 3 heterocycles. The fourth-order valence-electron chi connectivity index (χ4n) is 3.55. The largest absolute Gasteiger partial charge is 0.372 e. The number of likely N-dealkylation sites (N-methyl/N-ethyl adjacent to an activating group) is 1. The lowest BCUT2D eigenvalue weighted by Crippen LogP contribution is -2.50. The van der Waals surface area contributed by atoms with Gasteiger partial charge in [0.15, 0.2) is 0 Å². The van der Waals surface area contributed by atoms with E-state index in [0.717, 1.165) is 31.6 Å². The Hall–Kier alpha value is -2.93. The van der Waals surface area contributed by atoms with Gasteiger partial charge in [-0.1, -0.05) is 42.2 Å². The number of nitrogens with one attached hydrogen (secondary N) is 1. The zero-order chi connectivity index (χ0) is 23.4. The Morgan fingerprint density at radius 3 is 2.85 bits per heavy atom. The number of benzene rings is 1. The highest BCUT2D eigenvalue weighted by atomic mass is 32.2. The number of fused-ring (bicyclic) bond motifs is 1. The number of thioether (sulfide) groups is 1. The second-order valence-corrected chi connectivity index (χ2v) is 9.74. The first kappa shape index (κ1) is 23.2. The third kappa shape index (κ3) is 5.19. The van der Waals surface area contributed by atoms with Gasteiger partial charge in [0.1, 0.15) is 23.4 Å². The van der Waals surface area contributed by atoms with Gasteiger partial charge in [0.25, 0.3) is 11.8 Å². The van der Waals surface area contributed by atoms with E-state index in [0.29, 0.717) is 30.9 Å². The Labute approximate surface area is 201 Å². The summed E-state index contributed by atoms with van der Waals surface area (Å²) in [6.45, 7) is 2.37. The second kappa shape index (κ2) is 10.3. The van der Waals surface area contributed by atoms with Crippen LogP contribution in [0, 0.1) is 18.8 Å². The van der Waals surface area contributed by atoms with Gasteiger partial charge in [-0.05, 0) is 18.1 Å². The molecule has 0 spiro atoms. The summed E-state index contributed by atoms with van der Waals surface area (Å²) in [4.78, 5) is 29.5. The van der Waals surface area contributed by atoms with Gasteiger partial charge in [0, 0.05) is 37.6 Å². The van der Waals surface area contributed by atoms with Crippen LogP contribution in [0.3, 0.4) is 0 Å². The van der Waals surface area contributed by atoms with E-state index < -0.39 is 6.04 Å². The van der Waals surface area contributed by atoms with Crippen molar-refractivity contribution in [3.63, 3.8) is 0 Å². The molecule has 7 nitrogen and oxygen atoms in total. The van der Waals surface area contributed by atoms with Gasteiger partial charge < -0.3 is 15.0 Å². The van der Waals surface area contributed by atoms with Crippen LogP contribution in [0.2, 0.25) is 0 Å². The van der Waals surface area contributed by atoms with Crippen LogP contribution in [0.5, 0.6) is 0 Å². The molecular weight excluding hydrogens is 456 g/mol. The molecule has 1 N–H and O–H groups in total. The number of rotatable bonds is 5. The van der Waals surface area contributed by atoms with Crippen LogP contribution >= 0.6 is 23.1 Å². The highest BCUT2D eigenvalue weighted by Gasteiger charge is 2.34. The lowest BCUT2D eigenvalue weighted by Gasteiger charge is -2.20. The predicted molar refractivity (Wildman–Crippen MR) is 134 cm³/mol. The maximum atomic E-state index is 13.1. The molecule has 0 saturated heterocycles. The average Bonchev–Trinajstić information content (AvgIpc) is 3.38. The third-order valence-corrected chi connectivity index (χ3v) is 8.02. The normalized spacial score (nSPS) is 17.5. The molecule has 2 aromatic rings. The van der Waals surface area contributed by atoms with Crippen molar-refractivity contribution >= 4 is 51.3 Å². The molecule has 1 aromatic heterocycles. The SMILES string of the molecule is COCC#Cc1sc2c(c1C)SC[C@H](NC(=O)C1=NN=C(Cc3ccccc3)C1)C(=O)N2C. The van der Waals surface area contributed by atoms with E-state index in [4.69, 9.17) is 4.74 Å². The second-order valence-electron chi connectivity index (χ2n) is 7.71. The summed E-state index contributed by atoms with van der Waals surface area (Å²) in [7, 11) is 3.35. The molecule has 0 fully saturated rings. The number of anilines is 1. The van der Waals surface area contributed by atoms with Crippen molar-refractivity contribution in [1.29, 1.82) is 0 Å².